The van der Waals surface area contributed by atoms with Crippen LogP contribution in [0, 0.1) is 11.8 Å². The third-order valence-electron chi connectivity index (χ3n) is 3.03. The zero-order chi connectivity index (χ0) is 12.1. The second kappa shape index (κ2) is 5.83. The van der Waals surface area contributed by atoms with Crippen molar-refractivity contribution in [3.05, 3.63) is 11.9 Å². The van der Waals surface area contributed by atoms with Gasteiger partial charge in [-0.05, 0) is 12.8 Å². The van der Waals surface area contributed by atoms with Crippen molar-refractivity contribution in [1.29, 1.82) is 0 Å². The lowest BCUT2D eigenvalue weighted by atomic mass is 10.1. The van der Waals surface area contributed by atoms with Gasteiger partial charge in [-0.3, -0.25) is 4.99 Å². The van der Waals surface area contributed by atoms with E-state index in [1.165, 1.54) is 0 Å². The van der Waals surface area contributed by atoms with Gasteiger partial charge < -0.3 is 4.74 Å². The average Bonchev–Trinajstić information content (AvgIpc) is 2.38. The first-order valence-corrected chi connectivity index (χ1v) is 5.99. The van der Waals surface area contributed by atoms with E-state index < -0.39 is 0 Å². The van der Waals surface area contributed by atoms with E-state index in [1.54, 1.807) is 0 Å². The molecule has 0 radical (unpaired) electrons. The van der Waals surface area contributed by atoms with Crippen LogP contribution >= 0.6 is 0 Å². The van der Waals surface area contributed by atoms with Crippen molar-refractivity contribution < 1.29 is 9.31 Å². The molecule has 1 rings (SSSR count). The Labute approximate surface area is 98.5 Å². The van der Waals surface area contributed by atoms with E-state index in [-0.39, 0.29) is 5.92 Å². The smallest absolute Gasteiger partial charge is 0.350 e. The Kier molecular flexibility index (Phi) is 4.71. The normalized spacial score (nSPS) is 22.8. The summed E-state index contributed by atoms with van der Waals surface area (Å²) in [5, 5.41) is 0. The first-order valence-electron chi connectivity index (χ1n) is 5.99. The van der Waals surface area contributed by atoms with Crippen LogP contribution in [0.15, 0.2) is 16.9 Å². The molecule has 16 heavy (non-hydrogen) atoms. The molecule has 1 heterocycles. The first-order chi connectivity index (χ1) is 7.56. The highest BCUT2D eigenvalue weighted by molar-refractivity contribution is 5.90. The molecule has 3 nitrogen and oxygen atoms in total. The number of hydrogen-bond donors (Lipinski definition) is 0. The molecule has 3 heteroatoms. The van der Waals surface area contributed by atoms with Gasteiger partial charge in [-0.15, -0.1) is 0 Å². The summed E-state index contributed by atoms with van der Waals surface area (Å²) < 4.78 is 8.00. The molecule has 0 saturated carbocycles. The Hall–Kier alpha value is -1.12. The van der Waals surface area contributed by atoms with E-state index in [1.807, 2.05) is 26.4 Å². The molecule has 0 amide bonds. The van der Waals surface area contributed by atoms with E-state index in [4.69, 9.17) is 4.74 Å². The molecular weight excluding hydrogens is 200 g/mol. The van der Waals surface area contributed by atoms with E-state index in [0.717, 1.165) is 24.6 Å². The predicted molar refractivity (Wildman–Crippen MR) is 68.0 cm³/mol. The maximum Gasteiger partial charge on any atom is 0.350 e. The Balaban J connectivity index is 2.78. The number of hydrogen-bond acceptors (Lipinski definition) is 2. The number of rotatable bonds is 3. The summed E-state index contributed by atoms with van der Waals surface area (Å²) in [6.45, 7) is 9.33. The van der Waals surface area contributed by atoms with Gasteiger partial charge in [0.1, 0.15) is 13.0 Å². The number of nitrogens with zero attached hydrogens (tertiary/aromatic N) is 2. The Morgan fingerprint density at radius 1 is 1.56 bits per heavy atom. The Morgan fingerprint density at radius 2 is 2.25 bits per heavy atom. The second-order valence-electron chi connectivity index (χ2n) is 4.58. The van der Waals surface area contributed by atoms with Crippen molar-refractivity contribution in [1.82, 2.24) is 0 Å². The van der Waals surface area contributed by atoms with E-state index in [0.29, 0.717) is 5.92 Å². The molecule has 90 valence electrons. The van der Waals surface area contributed by atoms with Gasteiger partial charge in [0.25, 0.3) is 0 Å². The summed E-state index contributed by atoms with van der Waals surface area (Å²) >= 11 is 0. The summed E-state index contributed by atoms with van der Waals surface area (Å²) in [7, 11) is 2.03. The van der Waals surface area contributed by atoms with Gasteiger partial charge in [-0.1, -0.05) is 20.3 Å². The first kappa shape index (κ1) is 12.9. The van der Waals surface area contributed by atoms with E-state index >= 15 is 0 Å². The number of ether oxygens (including phenoxy) is 1. The lowest BCUT2D eigenvalue weighted by molar-refractivity contribution is -0.456. The summed E-state index contributed by atoms with van der Waals surface area (Å²) in [5.74, 6) is 1.83. The maximum absolute atomic E-state index is 5.92. The molecule has 0 bridgehead atoms. The summed E-state index contributed by atoms with van der Waals surface area (Å²) in [6.07, 6.45) is 4.95. The summed E-state index contributed by atoms with van der Waals surface area (Å²) in [4.78, 5) is 4.25. The van der Waals surface area contributed by atoms with Gasteiger partial charge in [0.15, 0.2) is 5.70 Å². The fraction of sp³-hybridized carbons (Fsp3) is 0.692. The van der Waals surface area contributed by atoms with Gasteiger partial charge in [0.2, 0.25) is 0 Å². The molecule has 0 fully saturated rings. The van der Waals surface area contributed by atoms with Gasteiger partial charge in [-0.2, -0.15) is 4.58 Å². The fourth-order valence-corrected chi connectivity index (χ4v) is 1.48. The highest BCUT2D eigenvalue weighted by atomic mass is 16.5. The van der Waals surface area contributed by atoms with Crippen LogP contribution in [0.4, 0.5) is 0 Å². The lowest BCUT2D eigenvalue weighted by Crippen LogP contribution is -2.27. The van der Waals surface area contributed by atoms with Crippen LogP contribution in [0.3, 0.4) is 0 Å². The summed E-state index contributed by atoms with van der Waals surface area (Å²) in [5.41, 5.74) is 1.11. The van der Waals surface area contributed by atoms with Crippen LogP contribution in [0.25, 0.3) is 0 Å². The van der Waals surface area contributed by atoms with Gasteiger partial charge >= 0.3 is 5.90 Å². The molecule has 0 N–H and O–H groups in total. The van der Waals surface area contributed by atoms with Gasteiger partial charge in [0, 0.05) is 13.1 Å². The molecule has 1 aliphatic rings. The molecular formula is C13H23N2O+. The minimum atomic E-state index is 0.239. The highest BCUT2D eigenvalue weighted by Gasteiger charge is 2.23. The third kappa shape index (κ3) is 3.19. The largest absolute Gasteiger partial charge is 0.447 e. The van der Waals surface area contributed by atoms with Crippen molar-refractivity contribution in [3.8, 4) is 0 Å². The maximum atomic E-state index is 5.92. The van der Waals surface area contributed by atoms with Crippen LogP contribution in [0.1, 0.15) is 34.1 Å². The van der Waals surface area contributed by atoms with E-state index in [2.05, 4.69) is 30.3 Å². The molecule has 2 atom stereocenters. The lowest BCUT2D eigenvalue weighted by Gasteiger charge is -2.13. The Bertz CT molecular complexity index is 329. The SMILES string of the molecule is CCC(C)COC1=[N+](C)C(C)=CN=C[C@H]1C. The summed E-state index contributed by atoms with van der Waals surface area (Å²) in [6, 6.07) is 0. The minimum absolute atomic E-state index is 0.239. The number of allylic oxidation sites excluding steroid dienone is 1. The second-order valence-corrected chi connectivity index (χ2v) is 4.58. The zero-order valence-electron chi connectivity index (χ0n) is 11.0. The van der Waals surface area contributed by atoms with Crippen molar-refractivity contribution in [3.63, 3.8) is 0 Å². The molecule has 0 aliphatic carbocycles. The van der Waals surface area contributed by atoms with Crippen molar-refractivity contribution in [2.75, 3.05) is 13.7 Å². The predicted octanol–water partition coefficient (Wildman–Crippen LogP) is 2.67. The van der Waals surface area contributed by atoms with Crippen LogP contribution in [0.2, 0.25) is 0 Å². The van der Waals surface area contributed by atoms with Gasteiger partial charge in [0.05, 0.1) is 12.8 Å². The average molecular weight is 223 g/mol. The number of aliphatic imine (C=N–C) groups is 1. The third-order valence-corrected chi connectivity index (χ3v) is 3.03. The van der Waals surface area contributed by atoms with Crippen molar-refractivity contribution in [2.24, 2.45) is 16.8 Å². The molecule has 0 saturated heterocycles. The highest BCUT2D eigenvalue weighted by Crippen LogP contribution is 2.09. The van der Waals surface area contributed by atoms with Crippen molar-refractivity contribution in [2.45, 2.75) is 34.1 Å². The molecule has 0 aromatic rings. The molecule has 1 aliphatic heterocycles. The molecule has 1 unspecified atom stereocenters. The molecule has 0 aromatic carbocycles. The quantitative estimate of drug-likeness (QED) is 0.675. The molecule has 0 spiro atoms. The standard InChI is InChI=1S/C13H23N2O/c1-6-10(2)9-16-13-11(3)7-14-8-12(4)15(13)5/h7-8,10-11H,6,9H2,1-5H3/q+1/t10?,11-/m1/s1. The van der Waals surface area contributed by atoms with Crippen molar-refractivity contribution >= 4 is 12.1 Å². The zero-order valence-corrected chi connectivity index (χ0v) is 11.0. The molecule has 0 aromatic heterocycles. The van der Waals surface area contributed by atoms with Crippen LogP contribution < -0.4 is 0 Å². The monoisotopic (exact) mass is 223 g/mol. The van der Waals surface area contributed by atoms with Crippen LogP contribution in [0.5, 0.6) is 0 Å². The van der Waals surface area contributed by atoms with Crippen LogP contribution in [-0.4, -0.2) is 30.3 Å². The Morgan fingerprint density at radius 3 is 2.88 bits per heavy atom. The topological polar surface area (TPSA) is 24.6 Å². The fourth-order valence-electron chi connectivity index (χ4n) is 1.48. The minimum Gasteiger partial charge on any atom is -0.447 e. The van der Waals surface area contributed by atoms with E-state index in [9.17, 15) is 0 Å². The van der Waals surface area contributed by atoms with Gasteiger partial charge in [-0.25, -0.2) is 0 Å². The van der Waals surface area contributed by atoms with Crippen LogP contribution in [-0.2, 0) is 4.74 Å².